The monoisotopic (exact) mass is 380 g/mol. The third-order valence-electron chi connectivity index (χ3n) is 4.06. The lowest BCUT2D eigenvalue weighted by atomic mass is 9.97. The number of nitrogens with zero attached hydrogens (tertiary/aromatic N) is 1. The molecule has 0 atom stereocenters. The molecule has 1 N–H and O–H groups in total. The van der Waals surface area contributed by atoms with Crippen LogP contribution in [-0.2, 0) is 14.8 Å². The fraction of sp³-hybridized carbons (Fsp3) is 0.600. The lowest BCUT2D eigenvalue weighted by Gasteiger charge is -2.31. The molecular weight excluding hydrogens is 359 g/mol. The van der Waals surface area contributed by atoms with Crippen LogP contribution >= 0.6 is 23.2 Å². The van der Waals surface area contributed by atoms with Crippen molar-refractivity contribution in [3.8, 4) is 0 Å². The molecule has 0 aromatic heterocycles. The predicted octanol–water partition coefficient (Wildman–Crippen LogP) is 2.63. The molecule has 1 aromatic carbocycles. The van der Waals surface area contributed by atoms with E-state index < -0.39 is 10.0 Å². The molecule has 1 fully saturated rings. The van der Waals surface area contributed by atoms with Crippen LogP contribution in [0.5, 0.6) is 0 Å². The molecule has 130 valence electrons. The van der Waals surface area contributed by atoms with Gasteiger partial charge in [-0.25, -0.2) is 13.1 Å². The molecule has 0 amide bonds. The highest BCUT2D eigenvalue weighted by Crippen LogP contribution is 2.25. The number of rotatable bonds is 7. The summed E-state index contributed by atoms with van der Waals surface area (Å²) in [4.78, 5) is 2.37. The fourth-order valence-electron chi connectivity index (χ4n) is 2.62. The van der Waals surface area contributed by atoms with Crippen molar-refractivity contribution in [3.63, 3.8) is 0 Å². The van der Waals surface area contributed by atoms with Gasteiger partial charge in [0.25, 0.3) is 0 Å². The van der Waals surface area contributed by atoms with Crippen molar-refractivity contribution in [2.24, 2.45) is 5.92 Å². The molecule has 1 aromatic rings. The molecular formula is C15H22Cl2N2O3S. The number of ether oxygens (including phenoxy) is 1. The van der Waals surface area contributed by atoms with E-state index in [-0.39, 0.29) is 9.92 Å². The first kappa shape index (κ1) is 19.0. The van der Waals surface area contributed by atoms with Crippen molar-refractivity contribution in [2.75, 3.05) is 39.9 Å². The van der Waals surface area contributed by atoms with Gasteiger partial charge in [0.05, 0.1) is 11.6 Å². The van der Waals surface area contributed by atoms with Crippen LogP contribution in [0.15, 0.2) is 23.1 Å². The third-order valence-corrected chi connectivity index (χ3v) is 6.20. The van der Waals surface area contributed by atoms with Crippen LogP contribution in [0.4, 0.5) is 0 Å². The van der Waals surface area contributed by atoms with Crippen molar-refractivity contribution in [1.82, 2.24) is 9.62 Å². The Balaban J connectivity index is 1.87. The second-order valence-corrected chi connectivity index (χ2v) is 8.28. The number of likely N-dealkylation sites (tertiary alicyclic amines) is 1. The van der Waals surface area contributed by atoms with Crippen LogP contribution in [0.25, 0.3) is 0 Å². The highest BCUT2D eigenvalue weighted by Gasteiger charge is 2.23. The second-order valence-electron chi connectivity index (χ2n) is 5.70. The molecule has 1 aliphatic heterocycles. The molecule has 1 saturated heterocycles. The van der Waals surface area contributed by atoms with Gasteiger partial charge in [0.2, 0.25) is 10.0 Å². The van der Waals surface area contributed by atoms with Crippen LogP contribution < -0.4 is 4.72 Å². The summed E-state index contributed by atoms with van der Waals surface area (Å²) < 4.78 is 32.5. The Bertz CT molecular complexity index is 617. The van der Waals surface area contributed by atoms with E-state index >= 15 is 0 Å². The maximum absolute atomic E-state index is 12.4. The molecule has 1 heterocycles. The third kappa shape index (κ3) is 5.59. The Labute approximate surface area is 148 Å². The summed E-state index contributed by atoms with van der Waals surface area (Å²) in [6, 6.07) is 4.44. The Morgan fingerprint density at radius 3 is 2.65 bits per heavy atom. The summed E-state index contributed by atoms with van der Waals surface area (Å²) in [5.41, 5.74) is 0. The van der Waals surface area contributed by atoms with E-state index in [1.54, 1.807) is 13.2 Å². The fourth-order valence-corrected chi connectivity index (χ4v) is 4.50. The molecule has 0 aliphatic carbocycles. The van der Waals surface area contributed by atoms with Crippen molar-refractivity contribution >= 4 is 33.2 Å². The largest absolute Gasteiger partial charge is 0.383 e. The van der Waals surface area contributed by atoms with Gasteiger partial charge in [-0.05, 0) is 50.0 Å². The quantitative estimate of drug-likeness (QED) is 0.789. The summed E-state index contributed by atoms with van der Waals surface area (Å²) >= 11 is 11.8. The van der Waals surface area contributed by atoms with E-state index in [0.717, 1.165) is 39.1 Å². The van der Waals surface area contributed by atoms with Gasteiger partial charge in [-0.1, -0.05) is 23.2 Å². The van der Waals surface area contributed by atoms with Crippen molar-refractivity contribution in [1.29, 1.82) is 0 Å². The molecule has 8 heteroatoms. The van der Waals surface area contributed by atoms with Crippen LogP contribution in [0.1, 0.15) is 12.8 Å². The summed E-state index contributed by atoms with van der Waals surface area (Å²) in [5, 5.41) is 0.525. The highest BCUT2D eigenvalue weighted by atomic mass is 35.5. The van der Waals surface area contributed by atoms with Gasteiger partial charge in [0.1, 0.15) is 4.90 Å². The SMILES string of the molecule is COCCN1CCC(CNS(=O)(=O)c2cc(Cl)ccc2Cl)CC1. The first-order valence-corrected chi connectivity index (χ1v) is 9.82. The normalized spacial score (nSPS) is 17.5. The van der Waals surface area contributed by atoms with E-state index in [9.17, 15) is 8.42 Å². The summed E-state index contributed by atoms with van der Waals surface area (Å²) in [6.45, 7) is 4.00. The average molecular weight is 381 g/mol. The van der Waals surface area contributed by atoms with Crippen LogP contribution in [0, 0.1) is 5.92 Å². The zero-order valence-electron chi connectivity index (χ0n) is 13.1. The summed E-state index contributed by atoms with van der Waals surface area (Å²) in [5.74, 6) is 0.335. The van der Waals surface area contributed by atoms with Gasteiger partial charge in [-0.2, -0.15) is 0 Å². The van der Waals surface area contributed by atoms with Gasteiger partial charge in [-0.3, -0.25) is 0 Å². The van der Waals surface area contributed by atoms with Crippen molar-refractivity contribution in [2.45, 2.75) is 17.7 Å². The number of piperidine rings is 1. The average Bonchev–Trinajstić information content (AvgIpc) is 2.54. The van der Waals surface area contributed by atoms with Crippen LogP contribution in [0.3, 0.4) is 0 Å². The number of nitrogens with one attached hydrogen (secondary N) is 1. The standard InChI is InChI=1S/C15H22Cl2N2O3S/c1-22-9-8-19-6-4-12(5-7-19)11-18-23(20,21)15-10-13(16)2-3-14(15)17/h2-3,10,12,18H,4-9,11H2,1H3. The smallest absolute Gasteiger partial charge is 0.242 e. The van der Waals surface area contributed by atoms with E-state index in [1.807, 2.05) is 0 Å². The highest BCUT2D eigenvalue weighted by molar-refractivity contribution is 7.89. The maximum atomic E-state index is 12.4. The van der Waals surface area contributed by atoms with Gasteiger partial charge in [0, 0.05) is 25.2 Å². The second kappa shape index (κ2) is 8.65. The predicted molar refractivity (Wildman–Crippen MR) is 92.7 cm³/mol. The van der Waals surface area contributed by atoms with Crippen molar-refractivity contribution < 1.29 is 13.2 Å². The lowest BCUT2D eigenvalue weighted by Crippen LogP contribution is -2.39. The Kier molecular flexibility index (Phi) is 7.13. The zero-order valence-corrected chi connectivity index (χ0v) is 15.4. The molecule has 2 rings (SSSR count). The van der Waals surface area contributed by atoms with E-state index in [1.165, 1.54) is 12.1 Å². The molecule has 23 heavy (non-hydrogen) atoms. The maximum Gasteiger partial charge on any atom is 0.242 e. The van der Waals surface area contributed by atoms with Gasteiger partial charge in [0.15, 0.2) is 0 Å². The van der Waals surface area contributed by atoms with Crippen molar-refractivity contribution in [3.05, 3.63) is 28.2 Å². The summed E-state index contributed by atoms with van der Waals surface area (Å²) in [6.07, 6.45) is 1.94. The minimum atomic E-state index is -3.64. The number of halogens is 2. The van der Waals surface area contributed by atoms with E-state index in [0.29, 0.717) is 17.5 Å². The Morgan fingerprint density at radius 2 is 2.00 bits per heavy atom. The van der Waals surface area contributed by atoms with Gasteiger partial charge in [-0.15, -0.1) is 0 Å². The lowest BCUT2D eigenvalue weighted by molar-refractivity contribution is 0.121. The Morgan fingerprint density at radius 1 is 1.30 bits per heavy atom. The molecule has 0 saturated carbocycles. The van der Waals surface area contributed by atoms with E-state index in [4.69, 9.17) is 27.9 Å². The minimum Gasteiger partial charge on any atom is -0.383 e. The molecule has 1 aliphatic rings. The molecule has 0 unspecified atom stereocenters. The number of hydrogen-bond donors (Lipinski definition) is 1. The Hall–Kier alpha value is -0.370. The number of methoxy groups -OCH3 is 1. The minimum absolute atomic E-state index is 0.0317. The van der Waals surface area contributed by atoms with E-state index in [2.05, 4.69) is 9.62 Å². The zero-order chi connectivity index (χ0) is 16.9. The number of hydrogen-bond acceptors (Lipinski definition) is 4. The van der Waals surface area contributed by atoms with Gasteiger partial charge < -0.3 is 9.64 Å². The number of benzene rings is 1. The molecule has 5 nitrogen and oxygen atoms in total. The molecule has 0 bridgehead atoms. The summed E-state index contributed by atoms with van der Waals surface area (Å²) in [7, 11) is -1.94. The topological polar surface area (TPSA) is 58.6 Å². The molecule has 0 spiro atoms. The first-order chi connectivity index (χ1) is 10.9. The van der Waals surface area contributed by atoms with Crippen LogP contribution in [-0.4, -0.2) is 53.2 Å². The van der Waals surface area contributed by atoms with Crippen LogP contribution in [0.2, 0.25) is 10.0 Å². The van der Waals surface area contributed by atoms with Gasteiger partial charge >= 0.3 is 0 Å². The molecule has 0 radical (unpaired) electrons. The number of sulfonamides is 1. The first-order valence-electron chi connectivity index (χ1n) is 7.58.